The molecule has 0 aliphatic rings. The molecule has 1 rings (SSSR count). The quantitative estimate of drug-likeness (QED) is 0.746. The molecular weight excluding hydrogens is 359 g/mol. The molecule has 0 aliphatic heterocycles. The highest BCUT2D eigenvalue weighted by Gasteiger charge is 2.22. The van der Waals surface area contributed by atoms with Crippen LogP contribution in [-0.2, 0) is 9.59 Å². The summed E-state index contributed by atoms with van der Waals surface area (Å²) in [4.78, 5) is 24.4. The molecule has 1 aromatic rings. The Kier molecular flexibility index (Phi) is 6.23. The van der Waals surface area contributed by atoms with Gasteiger partial charge in [0.15, 0.2) is 0 Å². The van der Waals surface area contributed by atoms with Crippen molar-refractivity contribution < 1.29 is 14.7 Å². The normalized spacial score (nSPS) is 12.2. The van der Waals surface area contributed by atoms with E-state index in [1.54, 1.807) is 14.0 Å². The van der Waals surface area contributed by atoms with Crippen LogP contribution < -0.4 is 5.32 Å². The molecule has 1 amide bonds. The molecule has 104 valence electrons. The summed E-state index contributed by atoms with van der Waals surface area (Å²) in [6.07, 6.45) is 0.460. The van der Waals surface area contributed by atoms with E-state index in [-0.39, 0.29) is 12.5 Å². The predicted molar refractivity (Wildman–Crippen MR) is 82.1 cm³/mol. The first kappa shape index (κ1) is 15.9. The fourth-order valence-electron chi connectivity index (χ4n) is 1.76. The minimum atomic E-state index is -0.910. The number of para-hydroxylation sites is 1. The van der Waals surface area contributed by atoms with Crippen LogP contribution in [0.3, 0.4) is 0 Å². The van der Waals surface area contributed by atoms with Crippen LogP contribution in [0.4, 0.5) is 5.69 Å². The molecule has 0 fully saturated rings. The fourth-order valence-corrected chi connectivity index (χ4v) is 2.29. The molecule has 0 bridgehead atoms. The summed E-state index contributed by atoms with van der Waals surface area (Å²) >= 11 is 2.14. The van der Waals surface area contributed by atoms with E-state index in [1.807, 2.05) is 24.3 Å². The van der Waals surface area contributed by atoms with Gasteiger partial charge in [-0.15, -0.1) is 0 Å². The van der Waals surface area contributed by atoms with Crippen molar-refractivity contribution in [3.8, 4) is 0 Å². The van der Waals surface area contributed by atoms with E-state index in [0.29, 0.717) is 6.42 Å². The van der Waals surface area contributed by atoms with Crippen LogP contribution in [0.1, 0.15) is 13.3 Å². The number of nitrogens with zero attached hydrogens (tertiary/aromatic N) is 1. The van der Waals surface area contributed by atoms with Gasteiger partial charge in [0.2, 0.25) is 5.91 Å². The molecule has 0 heterocycles. The van der Waals surface area contributed by atoms with E-state index in [1.165, 1.54) is 4.90 Å². The number of hydrogen-bond acceptors (Lipinski definition) is 3. The summed E-state index contributed by atoms with van der Waals surface area (Å²) in [5.74, 6) is -1.13. The van der Waals surface area contributed by atoms with E-state index < -0.39 is 12.0 Å². The van der Waals surface area contributed by atoms with Crippen LogP contribution in [0.15, 0.2) is 24.3 Å². The smallest absolute Gasteiger partial charge is 0.320 e. The van der Waals surface area contributed by atoms with Gasteiger partial charge in [0.25, 0.3) is 0 Å². The van der Waals surface area contributed by atoms with Crippen molar-refractivity contribution >= 4 is 40.2 Å². The Bertz CT molecular complexity index is 465. The van der Waals surface area contributed by atoms with Crippen LogP contribution >= 0.6 is 22.6 Å². The predicted octanol–water partition coefficient (Wildman–Crippen LogP) is 2.02. The second-order valence-corrected chi connectivity index (χ2v) is 5.37. The average molecular weight is 376 g/mol. The lowest BCUT2D eigenvalue weighted by Gasteiger charge is -2.22. The zero-order chi connectivity index (χ0) is 14.4. The van der Waals surface area contributed by atoms with Crippen LogP contribution in [0.25, 0.3) is 0 Å². The van der Waals surface area contributed by atoms with Crippen molar-refractivity contribution in [2.24, 2.45) is 0 Å². The van der Waals surface area contributed by atoms with Gasteiger partial charge in [-0.3, -0.25) is 14.5 Å². The van der Waals surface area contributed by atoms with Gasteiger partial charge in [0.1, 0.15) is 6.04 Å². The van der Waals surface area contributed by atoms with Crippen molar-refractivity contribution in [1.29, 1.82) is 0 Å². The molecule has 1 atom stereocenters. The first-order valence-electron chi connectivity index (χ1n) is 5.93. The molecule has 5 nitrogen and oxygen atoms in total. The van der Waals surface area contributed by atoms with Crippen LogP contribution in [0.5, 0.6) is 0 Å². The highest BCUT2D eigenvalue weighted by Crippen LogP contribution is 2.16. The van der Waals surface area contributed by atoms with Crippen molar-refractivity contribution in [3.05, 3.63) is 27.8 Å². The summed E-state index contributed by atoms with van der Waals surface area (Å²) in [5.41, 5.74) is 0.741. The van der Waals surface area contributed by atoms with Gasteiger partial charge in [-0.05, 0) is 48.2 Å². The molecular formula is C13H17IN2O3. The number of carbonyl (C=O) groups excluding carboxylic acids is 1. The minimum Gasteiger partial charge on any atom is -0.480 e. The number of aliphatic carboxylic acids is 1. The second-order valence-electron chi connectivity index (χ2n) is 4.21. The molecule has 1 unspecified atom stereocenters. The average Bonchev–Trinajstić information content (AvgIpc) is 2.32. The number of benzene rings is 1. The van der Waals surface area contributed by atoms with Crippen LogP contribution in [0.2, 0.25) is 0 Å². The van der Waals surface area contributed by atoms with Gasteiger partial charge in [0.05, 0.1) is 12.2 Å². The second kappa shape index (κ2) is 7.44. The number of carboxylic acids is 1. The summed E-state index contributed by atoms with van der Waals surface area (Å²) in [7, 11) is 1.64. The largest absolute Gasteiger partial charge is 0.480 e. The lowest BCUT2D eigenvalue weighted by molar-refractivity contribution is -0.143. The lowest BCUT2D eigenvalue weighted by atomic mass is 10.2. The Balaban J connectivity index is 2.61. The lowest BCUT2D eigenvalue weighted by Crippen LogP contribution is -2.42. The Hall–Kier alpha value is -1.15. The zero-order valence-corrected chi connectivity index (χ0v) is 13.0. The zero-order valence-electron chi connectivity index (χ0n) is 10.9. The van der Waals surface area contributed by atoms with E-state index in [4.69, 9.17) is 5.11 Å². The van der Waals surface area contributed by atoms with Crippen molar-refractivity contribution in [2.45, 2.75) is 19.4 Å². The van der Waals surface area contributed by atoms with E-state index >= 15 is 0 Å². The number of amides is 1. The Labute approximate surface area is 126 Å². The molecule has 0 aromatic heterocycles. The highest BCUT2D eigenvalue weighted by atomic mass is 127. The first-order valence-corrected chi connectivity index (χ1v) is 7.01. The van der Waals surface area contributed by atoms with Crippen molar-refractivity contribution in [2.75, 3.05) is 18.9 Å². The molecule has 2 N–H and O–H groups in total. The molecule has 0 radical (unpaired) electrons. The molecule has 0 aliphatic carbocycles. The van der Waals surface area contributed by atoms with Crippen LogP contribution in [0, 0.1) is 3.57 Å². The van der Waals surface area contributed by atoms with E-state index in [9.17, 15) is 9.59 Å². The molecule has 0 saturated heterocycles. The van der Waals surface area contributed by atoms with E-state index in [2.05, 4.69) is 27.9 Å². The fraction of sp³-hybridized carbons (Fsp3) is 0.385. The maximum absolute atomic E-state index is 11.9. The van der Waals surface area contributed by atoms with E-state index in [0.717, 1.165) is 9.26 Å². The molecule has 0 spiro atoms. The monoisotopic (exact) mass is 376 g/mol. The molecule has 1 aromatic carbocycles. The topological polar surface area (TPSA) is 69.6 Å². The maximum atomic E-state index is 11.9. The number of rotatable bonds is 6. The van der Waals surface area contributed by atoms with Gasteiger partial charge >= 0.3 is 5.97 Å². The third-order valence-electron chi connectivity index (χ3n) is 2.74. The Morgan fingerprint density at radius 2 is 2.05 bits per heavy atom. The maximum Gasteiger partial charge on any atom is 0.320 e. The number of halogens is 1. The van der Waals surface area contributed by atoms with Gasteiger partial charge in [-0.1, -0.05) is 19.1 Å². The number of carbonyl (C=O) groups is 2. The summed E-state index contributed by atoms with van der Waals surface area (Å²) in [6.45, 7) is 1.84. The van der Waals surface area contributed by atoms with Gasteiger partial charge in [-0.2, -0.15) is 0 Å². The number of likely N-dealkylation sites (N-methyl/N-ethyl adjacent to an activating group) is 1. The number of nitrogens with one attached hydrogen (secondary N) is 1. The molecule has 6 heteroatoms. The Morgan fingerprint density at radius 1 is 1.42 bits per heavy atom. The summed E-state index contributed by atoms with van der Waals surface area (Å²) in [5, 5.41) is 11.8. The standard InChI is InChI=1S/C13H17IN2O3/c1-3-11(13(18)19)16(2)8-12(17)15-10-7-5-4-6-9(10)14/h4-7,11H,3,8H2,1-2H3,(H,15,17)(H,18,19). The third kappa shape index (κ3) is 4.79. The minimum absolute atomic E-state index is 0.0514. The SMILES string of the molecule is CCC(C(=O)O)N(C)CC(=O)Nc1ccccc1I. The highest BCUT2D eigenvalue weighted by molar-refractivity contribution is 14.1. The number of anilines is 1. The van der Waals surface area contributed by atoms with Gasteiger partial charge in [-0.25, -0.2) is 0 Å². The number of carboxylic acid groups (broad SMARTS) is 1. The Morgan fingerprint density at radius 3 is 2.58 bits per heavy atom. The first-order chi connectivity index (χ1) is 8.95. The summed E-state index contributed by atoms with van der Waals surface area (Å²) in [6, 6.07) is 6.80. The molecule has 19 heavy (non-hydrogen) atoms. The number of hydrogen-bond donors (Lipinski definition) is 2. The van der Waals surface area contributed by atoms with Crippen molar-refractivity contribution in [3.63, 3.8) is 0 Å². The summed E-state index contributed by atoms with van der Waals surface area (Å²) < 4.78 is 0.946. The van der Waals surface area contributed by atoms with Crippen molar-refractivity contribution in [1.82, 2.24) is 4.90 Å². The third-order valence-corrected chi connectivity index (χ3v) is 3.69. The van der Waals surface area contributed by atoms with Crippen LogP contribution in [-0.4, -0.2) is 41.5 Å². The van der Waals surface area contributed by atoms with Gasteiger partial charge in [0, 0.05) is 3.57 Å². The molecule has 0 saturated carbocycles. The van der Waals surface area contributed by atoms with Gasteiger partial charge < -0.3 is 10.4 Å².